The molecule has 4 nitrogen and oxygen atoms in total. The molecule has 2 aliphatic rings. The van der Waals surface area contributed by atoms with E-state index in [1.54, 1.807) is 0 Å². The van der Waals surface area contributed by atoms with E-state index in [9.17, 15) is 0 Å². The minimum absolute atomic E-state index is 0.192. The van der Waals surface area contributed by atoms with Crippen LogP contribution in [0.4, 0.5) is 0 Å². The lowest BCUT2D eigenvalue weighted by atomic mass is 9.72. The van der Waals surface area contributed by atoms with E-state index in [-0.39, 0.29) is 11.0 Å². The van der Waals surface area contributed by atoms with Gasteiger partial charge in [-0.15, -0.1) is 0 Å². The third-order valence-corrected chi connectivity index (χ3v) is 4.67. The zero-order chi connectivity index (χ0) is 13.3. The van der Waals surface area contributed by atoms with Crippen LogP contribution in [-0.4, -0.2) is 54.8 Å². The van der Waals surface area contributed by atoms with Crippen molar-refractivity contribution >= 4 is 0 Å². The minimum atomic E-state index is 0.192. The lowest BCUT2D eigenvalue weighted by Crippen LogP contribution is -2.59. The monoisotopic (exact) mass is 263 g/mol. The standard InChI is InChI=1S/C15H25N3O/c1-14(2,18-8-6-16-7-9-18)10-15(11-19-12-15)13-4-3-5-17-13/h3-5,16-17H,6-12H2,1-2H3. The van der Waals surface area contributed by atoms with E-state index in [0.29, 0.717) is 0 Å². The first-order valence-corrected chi connectivity index (χ1v) is 7.30. The lowest BCUT2D eigenvalue weighted by molar-refractivity contribution is -0.0889. The van der Waals surface area contributed by atoms with Gasteiger partial charge in [0.25, 0.3) is 0 Å². The van der Waals surface area contributed by atoms with Crippen molar-refractivity contribution in [3.63, 3.8) is 0 Å². The maximum absolute atomic E-state index is 5.54. The molecule has 0 atom stereocenters. The predicted molar refractivity (Wildman–Crippen MR) is 76.4 cm³/mol. The first-order valence-electron chi connectivity index (χ1n) is 7.30. The summed E-state index contributed by atoms with van der Waals surface area (Å²) in [5.41, 5.74) is 1.75. The fourth-order valence-electron chi connectivity index (χ4n) is 3.57. The number of hydrogen-bond acceptors (Lipinski definition) is 3. The van der Waals surface area contributed by atoms with Crippen LogP contribution in [0.5, 0.6) is 0 Å². The third kappa shape index (κ3) is 2.45. The molecule has 106 valence electrons. The molecule has 0 saturated carbocycles. The largest absolute Gasteiger partial charge is 0.379 e. The summed E-state index contributed by atoms with van der Waals surface area (Å²) in [7, 11) is 0. The summed E-state index contributed by atoms with van der Waals surface area (Å²) < 4.78 is 5.54. The zero-order valence-electron chi connectivity index (χ0n) is 12.0. The van der Waals surface area contributed by atoms with Crippen LogP contribution in [0.1, 0.15) is 26.0 Å². The smallest absolute Gasteiger partial charge is 0.0600 e. The molecule has 0 aromatic carbocycles. The fraction of sp³-hybridized carbons (Fsp3) is 0.733. The highest BCUT2D eigenvalue weighted by molar-refractivity contribution is 5.22. The number of aromatic nitrogens is 1. The van der Waals surface area contributed by atoms with Gasteiger partial charge in [0.2, 0.25) is 0 Å². The molecule has 0 bridgehead atoms. The van der Waals surface area contributed by atoms with Crippen LogP contribution in [0.2, 0.25) is 0 Å². The lowest BCUT2D eigenvalue weighted by Gasteiger charge is -2.50. The number of nitrogens with one attached hydrogen (secondary N) is 2. The SMILES string of the molecule is CC(C)(CC1(c2ccc[nH]2)COC1)N1CCNCC1. The first kappa shape index (κ1) is 13.2. The second kappa shape index (κ2) is 4.93. The highest BCUT2D eigenvalue weighted by Gasteiger charge is 2.46. The van der Waals surface area contributed by atoms with Crippen molar-refractivity contribution < 1.29 is 4.74 Å². The minimum Gasteiger partial charge on any atom is -0.379 e. The second-order valence-corrected chi connectivity index (χ2v) is 6.58. The van der Waals surface area contributed by atoms with Gasteiger partial charge >= 0.3 is 0 Å². The molecule has 2 saturated heterocycles. The molecule has 2 aliphatic heterocycles. The van der Waals surface area contributed by atoms with Gasteiger partial charge < -0.3 is 15.0 Å². The second-order valence-electron chi connectivity index (χ2n) is 6.58. The molecule has 1 aromatic rings. The Labute approximate surface area is 115 Å². The summed E-state index contributed by atoms with van der Waals surface area (Å²) in [6.07, 6.45) is 3.17. The predicted octanol–water partition coefficient (Wildman–Crippen LogP) is 1.36. The Hall–Kier alpha value is -0.840. The van der Waals surface area contributed by atoms with Crippen molar-refractivity contribution in [2.75, 3.05) is 39.4 Å². The number of ether oxygens (including phenoxy) is 1. The van der Waals surface area contributed by atoms with E-state index in [2.05, 4.69) is 41.2 Å². The Balaban J connectivity index is 1.75. The molecule has 0 aliphatic carbocycles. The molecule has 3 rings (SSSR count). The van der Waals surface area contributed by atoms with E-state index in [4.69, 9.17) is 4.74 Å². The number of piperazine rings is 1. The van der Waals surface area contributed by atoms with Crippen molar-refractivity contribution in [3.8, 4) is 0 Å². The topological polar surface area (TPSA) is 40.3 Å². The molecule has 0 amide bonds. The van der Waals surface area contributed by atoms with Gasteiger partial charge in [-0.1, -0.05) is 0 Å². The van der Waals surface area contributed by atoms with E-state index in [1.165, 1.54) is 5.69 Å². The molecule has 2 N–H and O–H groups in total. The van der Waals surface area contributed by atoms with Crippen LogP contribution in [-0.2, 0) is 10.2 Å². The quantitative estimate of drug-likeness (QED) is 0.861. The molecule has 2 fully saturated rings. The number of hydrogen-bond donors (Lipinski definition) is 2. The Bertz CT molecular complexity index is 403. The van der Waals surface area contributed by atoms with Gasteiger partial charge in [-0.25, -0.2) is 0 Å². The van der Waals surface area contributed by atoms with E-state index < -0.39 is 0 Å². The number of aromatic amines is 1. The Morgan fingerprint density at radius 2 is 2.05 bits per heavy atom. The summed E-state index contributed by atoms with van der Waals surface area (Å²) >= 11 is 0. The van der Waals surface area contributed by atoms with E-state index >= 15 is 0 Å². The summed E-state index contributed by atoms with van der Waals surface area (Å²) in [6.45, 7) is 11.0. The van der Waals surface area contributed by atoms with E-state index in [0.717, 1.165) is 45.8 Å². The van der Waals surface area contributed by atoms with Crippen LogP contribution in [0.3, 0.4) is 0 Å². The van der Waals surface area contributed by atoms with Crippen molar-refractivity contribution in [2.45, 2.75) is 31.2 Å². The Morgan fingerprint density at radius 1 is 1.32 bits per heavy atom. The van der Waals surface area contributed by atoms with Gasteiger partial charge in [0.05, 0.1) is 18.6 Å². The molecular formula is C15H25N3O. The average molecular weight is 263 g/mol. The fourth-order valence-corrected chi connectivity index (χ4v) is 3.57. The molecular weight excluding hydrogens is 238 g/mol. The van der Waals surface area contributed by atoms with Crippen LogP contribution >= 0.6 is 0 Å². The summed E-state index contributed by atoms with van der Waals surface area (Å²) in [5.74, 6) is 0. The Kier molecular flexibility index (Phi) is 3.41. The maximum Gasteiger partial charge on any atom is 0.0600 e. The molecule has 4 heteroatoms. The van der Waals surface area contributed by atoms with Crippen molar-refractivity contribution in [1.82, 2.24) is 15.2 Å². The van der Waals surface area contributed by atoms with Crippen LogP contribution in [0, 0.1) is 0 Å². The molecule has 0 spiro atoms. The van der Waals surface area contributed by atoms with Gasteiger partial charge in [-0.2, -0.15) is 0 Å². The summed E-state index contributed by atoms with van der Waals surface area (Å²) in [4.78, 5) is 6.01. The molecule has 0 radical (unpaired) electrons. The van der Waals surface area contributed by atoms with Crippen molar-refractivity contribution in [2.24, 2.45) is 0 Å². The van der Waals surface area contributed by atoms with Crippen molar-refractivity contribution in [1.29, 1.82) is 0 Å². The number of H-pyrrole nitrogens is 1. The van der Waals surface area contributed by atoms with Crippen LogP contribution in [0.25, 0.3) is 0 Å². The van der Waals surface area contributed by atoms with Gasteiger partial charge in [-0.05, 0) is 32.4 Å². The summed E-state index contributed by atoms with van der Waals surface area (Å²) in [6, 6.07) is 4.30. The molecule has 3 heterocycles. The molecule has 1 aromatic heterocycles. The first-order chi connectivity index (χ1) is 9.12. The highest BCUT2D eigenvalue weighted by atomic mass is 16.5. The van der Waals surface area contributed by atoms with Crippen LogP contribution < -0.4 is 5.32 Å². The zero-order valence-corrected chi connectivity index (χ0v) is 12.0. The van der Waals surface area contributed by atoms with Gasteiger partial charge in [-0.3, -0.25) is 4.90 Å². The maximum atomic E-state index is 5.54. The Morgan fingerprint density at radius 3 is 2.58 bits per heavy atom. The average Bonchev–Trinajstić information content (AvgIpc) is 2.89. The highest BCUT2D eigenvalue weighted by Crippen LogP contribution is 2.40. The van der Waals surface area contributed by atoms with Crippen LogP contribution in [0.15, 0.2) is 18.3 Å². The van der Waals surface area contributed by atoms with Gasteiger partial charge in [0.1, 0.15) is 0 Å². The van der Waals surface area contributed by atoms with Gasteiger partial charge in [0, 0.05) is 43.6 Å². The molecule has 0 unspecified atom stereocenters. The number of rotatable bonds is 4. The third-order valence-electron chi connectivity index (χ3n) is 4.67. The summed E-state index contributed by atoms with van der Waals surface area (Å²) in [5, 5.41) is 3.43. The van der Waals surface area contributed by atoms with Gasteiger partial charge in [0.15, 0.2) is 0 Å². The van der Waals surface area contributed by atoms with E-state index in [1.807, 2.05) is 6.20 Å². The normalized spacial score (nSPS) is 24.1. The number of nitrogens with zero attached hydrogens (tertiary/aromatic N) is 1. The molecule has 19 heavy (non-hydrogen) atoms. The van der Waals surface area contributed by atoms with Crippen molar-refractivity contribution in [3.05, 3.63) is 24.0 Å².